The van der Waals surface area contributed by atoms with Crippen LogP contribution in [0, 0.1) is 20.8 Å². The fourth-order valence-corrected chi connectivity index (χ4v) is 4.14. The molecule has 30 heavy (non-hydrogen) atoms. The molecule has 0 aliphatic carbocycles. The summed E-state index contributed by atoms with van der Waals surface area (Å²) in [6, 6.07) is 14.1. The predicted molar refractivity (Wildman–Crippen MR) is 123 cm³/mol. The van der Waals surface area contributed by atoms with Crippen LogP contribution < -0.4 is 4.74 Å². The highest BCUT2D eigenvalue weighted by Gasteiger charge is 2.23. The van der Waals surface area contributed by atoms with Crippen molar-refractivity contribution in [3.63, 3.8) is 0 Å². The van der Waals surface area contributed by atoms with E-state index in [0.29, 0.717) is 13.2 Å². The Hall–Kier alpha value is -2.66. The topological polar surface area (TPSA) is 42.4 Å². The van der Waals surface area contributed by atoms with Gasteiger partial charge in [0.1, 0.15) is 17.4 Å². The van der Waals surface area contributed by atoms with Crippen LogP contribution in [0.25, 0.3) is 0 Å². The van der Waals surface area contributed by atoms with Gasteiger partial charge in [0.15, 0.2) is 0 Å². The van der Waals surface area contributed by atoms with Crippen molar-refractivity contribution in [3.8, 4) is 5.75 Å². The maximum Gasteiger partial charge on any atom is 0.254 e. The molecule has 0 N–H and O–H groups in total. The Bertz CT molecular complexity index is 992. The summed E-state index contributed by atoms with van der Waals surface area (Å²) in [6.45, 7) is 11.2. The number of ether oxygens (including phenoxy) is 1. The molecule has 0 spiro atoms. The molecule has 3 rings (SSSR count). The molecular formula is C25H30N2O2S. The number of carbonyl (C=O) groups excluding carboxylic acids is 1. The van der Waals surface area contributed by atoms with Crippen molar-refractivity contribution >= 4 is 17.2 Å². The van der Waals surface area contributed by atoms with Gasteiger partial charge in [-0.05, 0) is 69.0 Å². The van der Waals surface area contributed by atoms with Crippen molar-refractivity contribution in [2.45, 2.75) is 60.2 Å². The normalized spacial score (nSPS) is 11.9. The molecule has 3 aromatic rings. The van der Waals surface area contributed by atoms with Gasteiger partial charge in [-0.2, -0.15) is 0 Å². The van der Waals surface area contributed by atoms with Crippen LogP contribution in [0.3, 0.4) is 0 Å². The highest BCUT2D eigenvalue weighted by atomic mass is 32.1. The zero-order valence-corrected chi connectivity index (χ0v) is 19.3. The van der Waals surface area contributed by atoms with Crippen molar-refractivity contribution in [1.29, 1.82) is 0 Å². The lowest BCUT2D eigenvalue weighted by atomic mass is 10.1. The molecule has 0 saturated carbocycles. The molecule has 158 valence electrons. The number of hydrogen-bond acceptors (Lipinski definition) is 4. The van der Waals surface area contributed by atoms with Gasteiger partial charge in [0.05, 0.1) is 12.2 Å². The van der Waals surface area contributed by atoms with E-state index in [4.69, 9.17) is 9.72 Å². The van der Waals surface area contributed by atoms with Crippen LogP contribution in [0.5, 0.6) is 5.75 Å². The Kier molecular flexibility index (Phi) is 7.27. The number of thiazole rings is 1. The molecule has 5 heteroatoms. The molecule has 1 atom stereocenters. The largest absolute Gasteiger partial charge is 0.486 e. The number of aromatic nitrogens is 1. The van der Waals surface area contributed by atoms with Crippen LogP contribution in [-0.2, 0) is 13.2 Å². The molecule has 0 saturated heterocycles. The summed E-state index contributed by atoms with van der Waals surface area (Å²) in [6.07, 6.45) is 0.893. The summed E-state index contributed by atoms with van der Waals surface area (Å²) in [5, 5.41) is 2.94. The number of nitrogens with zero attached hydrogens (tertiary/aromatic N) is 2. The Morgan fingerprint density at radius 1 is 1.13 bits per heavy atom. The molecule has 1 unspecified atom stereocenters. The summed E-state index contributed by atoms with van der Waals surface area (Å²) in [4.78, 5) is 19.9. The van der Waals surface area contributed by atoms with Crippen molar-refractivity contribution in [2.75, 3.05) is 0 Å². The number of benzene rings is 2. The molecule has 0 bridgehead atoms. The first-order chi connectivity index (χ1) is 14.4. The monoisotopic (exact) mass is 422 g/mol. The second kappa shape index (κ2) is 9.90. The van der Waals surface area contributed by atoms with Crippen molar-refractivity contribution in [2.24, 2.45) is 0 Å². The van der Waals surface area contributed by atoms with E-state index in [1.54, 1.807) is 11.3 Å². The third-order valence-electron chi connectivity index (χ3n) is 5.25. The van der Waals surface area contributed by atoms with Gasteiger partial charge >= 0.3 is 0 Å². The van der Waals surface area contributed by atoms with Gasteiger partial charge in [0.25, 0.3) is 5.91 Å². The highest BCUT2D eigenvalue weighted by molar-refractivity contribution is 7.09. The SMILES string of the molecule is CCC(C)N(Cc1csc(COc2cc(C)cc(C)c2)n1)C(=O)c1ccccc1C. The van der Waals surface area contributed by atoms with Gasteiger partial charge in [-0.3, -0.25) is 4.79 Å². The highest BCUT2D eigenvalue weighted by Crippen LogP contribution is 2.21. The molecule has 1 aromatic heterocycles. The first-order valence-corrected chi connectivity index (χ1v) is 11.3. The van der Waals surface area contributed by atoms with Crippen molar-refractivity contribution in [3.05, 3.63) is 80.8 Å². The van der Waals surface area contributed by atoms with E-state index in [2.05, 4.69) is 33.8 Å². The van der Waals surface area contributed by atoms with E-state index in [-0.39, 0.29) is 11.9 Å². The van der Waals surface area contributed by atoms with Crippen molar-refractivity contribution in [1.82, 2.24) is 9.88 Å². The summed E-state index contributed by atoms with van der Waals surface area (Å²) in [5.41, 5.74) is 5.02. The average Bonchev–Trinajstić information content (AvgIpc) is 3.17. The zero-order chi connectivity index (χ0) is 21.7. The molecule has 0 aliphatic heterocycles. The molecule has 0 fully saturated rings. The third kappa shape index (κ3) is 5.48. The summed E-state index contributed by atoms with van der Waals surface area (Å²) >= 11 is 1.58. The van der Waals surface area contributed by atoms with Gasteiger partial charge in [-0.25, -0.2) is 4.98 Å². The van der Waals surface area contributed by atoms with Crippen LogP contribution >= 0.6 is 11.3 Å². The second-order valence-corrected chi connectivity index (χ2v) is 8.79. The molecule has 0 radical (unpaired) electrons. The third-order valence-corrected chi connectivity index (χ3v) is 6.12. The smallest absolute Gasteiger partial charge is 0.254 e. The van der Waals surface area contributed by atoms with Crippen LogP contribution in [0.2, 0.25) is 0 Å². The lowest BCUT2D eigenvalue weighted by Crippen LogP contribution is -2.38. The lowest BCUT2D eigenvalue weighted by Gasteiger charge is -2.28. The molecule has 2 aromatic carbocycles. The Morgan fingerprint density at radius 2 is 1.83 bits per heavy atom. The van der Waals surface area contributed by atoms with Crippen LogP contribution in [0.1, 0.15) is 58.0 Å². The molecule has 1 amide bonds. The summed E-state index contributed by atoms with van der Waals surface area (Å²) < 4.78 is 5.94. The minimum Gasteiger partial charge on any atom is -0.486 e. The lowest BCUT2D eigenvalue weighted by molar-refractivity contribution is 0.0668. The number of amides is 1. The number of hydrogen-bond donors (Lipinski definition) is 0. The Balaban J connectivity index is 1.71. The van der Waals surface area contributed by atoms with E-state index in [9.17, 15) is 4.79 Å². The summed E-state index contributed by atoms with van der Waals surface area (Å²) in [7, 11) is 0. The zero-order valence-electron chi connectivity index (χ0n) is 18.4. The summed E-state index contributed by atoms with van der Waals surface area (Å²) in [5.74, 6) is 0.920. The first-order valence-electron chi connectivity index (χ1n) is 10.4. The van der Waals surface area contributed by atoms with Crippen LogP contribution in [-0.4, -0.2) is 21.8 Å². The first kappa shape index (κ1) is 22.0. The molecule has 0 aliphatic rings. The quantitative estimate of drug-likeness (QED) is 0.441. The number of carbonyl (C=O) groups is 1. The van der Waals surface area contributed by atoms with Crippen LogP contribution in [0.15, 0.2) is 47.8 Å². The van der Waals surface area contributed by atoms with E-state index < -0.39 is 0 Å². The fraction of sp³-hybridized carbons (Fsp3) is 0.360. The van der Waals surface area contributed by atoms with E-state index in [1.165, 1.54) is 11.1 Å². The predicted octanol–water partition coefficient (Wildman–Crippen LogP) is 6.09. The van der Waals surface area contributed by atoms with E-state index in [0.717, 1.165) is 34.0 Å². The van der Waals surface area contributed by atoms with E-state index >= 15 is 0 Å². The average molecular weight is 423 g/mol. The van der Waals surface area contributed by atoms with Gasteiger partial charge in [-0.15, -0.1) is 11.3 Å². The maximum atomic E-state index is 13.2. The fourth-order valence-electron chi connectivity index (χ4n) is 3.44. The Morgan fingerprint density at radius 3 is 2.50 bits per heavy atom. The molecule has 1 heterocycles. The minimum absolute atomic E-state index is 0.0588. The van der Waals surface area contributed by atoms with Gasteiger partial charge in [0, 0.05) is 17.0 Å². The molecular weight excluding hydrogens is 392 g/mol. The van der Waals surface area contributed by atoms with Crippen molar-refractivity contribution < 1.29 is 9.53 Å². The van der Waals surface area contributed by atoms with Gasteiger partial charge < -0.3 is 9.64 Å². The minimum atomic E-state index is 0.0588. The Labute approximate surface area is 183 Å². The number of aryl methyl sites for hydroxylation is 3. The molecule has 4 nitrogen and oxygen atoms in total. The maximum absolute atomic E-state index is 13.2. The second-order valence-electron chi connectivity index (χ2n) is 7.85. The number of rotatable bonds is 8. The van der Waals surface area contributed by atoms with Gasteiger partial charge in [-0.1, -0.05) is 31.2 Å². The van der Waals surface area contributed by atoms with E-state index in [1.807, 2.05) is 53.6 Å². The van der Waals surface area contributed by atoms with Crippen LogP contribution in [0.4, 0.5) is 0 Å². The van der Waals surface area contributed by atoms with Gasteiger partial charge in [0.2, 0.25) is 0 Å². The standard InChI is InChI=1S/C25H30N2O2S/c1-6-20(5)27(25(28)23-10-8-7-9-19(23)4)14-21-16-30-24(26-21)15-29-22-12-17(2)11-18(3)13-22/h7-13,16,20H,6,14-15H2,1-5H3.